The van der Waals surface area contributed by atoms with E-state index in [1.807, 2.05) is 34.6 Å². The molecule has 3 heteroatoms. The Labute approximate surface area is 80.8 Å². The van der Waals surface area contributed by atoms with Crippen LogP contribution in [0.1, 0.15) is 34.6 Å². The van der Waals surface area contributed by atoms with Crippen LogP contribution >= 0.6 is 0 Å². The monoisotopic (exact) mass is 187 g/mol. The highest BCUT2D eigenvalue weighted by Crippen LogP contribution is 1.96. The normalized spacial score (nSPS) is 13.5. The van der Waals surface area contributed by atoms with Crippen LogP contribution in [0.2, 0.25) is 0 Å². The number of ether oxygens (including phenoxy) is 1. The summed E-state index contributed by atoms with van der Waals surface area (Å²) in [6, 6.07) is 0. The quantitative estimate of drug-likeness (QED) is 0.709. The molecule has 13 heavy (non-hydrogen) atoms. The van der Waals surface area contributed by atoms with E-state index in [0.29, 0.717) is 6.54 Å². The Balaban J connectivity index is 3.58. The lowest BCUT2D eigenvalue weighted by molar-refractivity contribution is -0.124. The molecule has 0 bridgehead atoms. The second-order valence-electron chi connectivity index (χ2n) is 3.90. The molecule has 0 aromatic carbocycles. The van der Waals surface area contributed by atoms with Crippen molar-refractivity contribution >= 4 is 5.91 Å². The van der Waals surface area contributed by atoms with E-state index in [-0.39, 0.29) is 24.0 Å². The number of carbonyl (C=O) groups is 1. The maximum Gasteiger partial charge on any atom is 0.222 e. The van der Waals surface area contributed by atoms with Crippen molar-refractivity contribution < 1.29 is 9.53 Å². The molecule has 1 N–H and O–H groups in total. The molecule has 1 amide bonds. The molecule has 0 aliphatic carbocycles. The largest absolute Gasteiger partial charge is 0.374 e. The van der Waals surface area contributed by atoms with Crippen LogP contribution in [0.25, 0.3) is 0 Å². The molecule has 78 valence electrons. The average Bonchev–Trinajstić information content (AvgIpc) is 1.98. The zero-order chi connectivity index (χ0) is 10.4. The van der Waals surface area contributed by atoms with Crippen LogP contribution in [-0.2, 0) is 9.53 Å². The number of nitrogens with one attached hydrogen (secondary N) is 1. The Hall–Kier alpha value is -0.570. The number of amides is 1. The minimum atomic E-state index is 0.0475. The molecule has 0 aromatic rings. The average molecular weight is 187 g/mol. The summed E-state index contributed by atoms with van der Waals surface area (Å²) in [6.07, 6.45) is 0.300. The fourth-order valence-corrected chi connectivity index (χ4v) is 0.961. The van der Waals surface area contributed by atoms with E-state index in [1.54, 1.807) is 0 Å². The summed E-state index contributed by atoms with van der Waals surface area (Å²) in [5.74, 6) is 0.130. The molecule has 1 atom stereocenters. The van der Waals surface area contributed by atoms with Crippen molar-refractivity contribution in [1.82, 2.24) is 5.32 Å². The van der Waals surface area contributed by atoms with Gasteiger partial charge in [-0.2, -0.15) is 0 Å². The zero-order valence-electron chi connectivity index (χ0n) is 9.26. The molecule has 0 radical (unpaired) electrons. The molecule has 0 rings (SSSR count). The lowest BCUT2D eigenvalue weighted by atomic mass is 10.2. The van der Waals surface area contributed by atoms with Crippen molar-refractivity contribution in [2.45, 2.75) is 46.8 Å². The lowest BCUT2D eigenvalue weighted by Gasteiger charge is -2.17. The first-order chi connectivity index (χ1) is 5.93. The summed E-state index contributed by atoms with van der Waals surface area (Å²) >= 11 is 0. The fourth-order valence-electron chi connectivity index (χ4n) is 0.961. The Morgan fingerprint density at radius 1 is 1.23 bits per heavy atom. The van der Waals surface area contributed by atoms with Crippen molar-refractivity contribution in [3.8, 4) is 0 Å². The van der Waals surface area contributed by atoms with Crippen LogP contribution in [0.4, 0.5) is 0 Å². The van der Waals surface area contributed by atoms with Crippen LogP contribution in [-0.4, -0.2) is 24.7 Å². The number of rotatable bonds is 5. The molecular formula is C10H21NO2. The van der Waals surface area contributed by atoms with Gasteiger partial charge in [-0.1, -0.05) is 13.8 Å². The van der Waals surface area contributed by atoms with E-state index >= 15 is 0 Å². The molecule has 3 nitrogen and oxygen atoms in total. The van der Waals surface area contributed by atoms with Gasteiger partial charge in [0.05, 0.1) is 12.2 Å². The van der Waals surface area contributed by atoms with Gasteiger partial charge < -0.3 is 10.1 Å². The maximum atomic E-state index is 11.2. The van der Waals surface area contributed by atoms with Gasteiger partial charge >= 0.3 is 0 Å². The number of carbonyl (C=O) groups excluding carboxylic acids is 1. The molecule has 0 aromatic heterocycles. The molecular weight excluding hydrogens is 166 g/mol. The first-order valence-corrected chi connectivity index (χ1v) is 4.86. The Kier molecular flexibility index (Phi) is 5.71. The molecule has 0 heterocycles. The van der Waals surface area contributed by atoms with Crippen molar-refractivity contribution in [3.05, 3.63) is 0 Å². The van der Waals surface area contributed by atoms with Crippen molar-refractivity contribution in [3.63, 3.8) is 0 Å². The van der Waals surface area contributed by atoms with Crippen molar-refractivity contribution in [2.75, 3.05) is 6.54 Å². The Bertz CT molecular complexity index is 155. The van der Waals surface area contributed by atoms with E-state index < -0.39 is 0 Å². The minimum Gasteiger partial charge on any atom is -0.374 e. The smallest absolute Gasteiger partial charge is 0.222 e. The SMILES string of the molecule is CC(C)OC(C)CNC(=O)C(C)C. The summed E-state index contributed by atoms with van der Waals surface area (Å²) in [4.78, 5) is 11.2. The van der Waals surface area contributed by atoms with Crippen LogP contribution in [0, 0.1) is 5.92 Å². The van der Waals surface area contributed by atoms with E-state index in [0.717, 1.165) is 0 Å². The summed E-state index contributed by atoms with van der Waals surface area (Å²) in [5, 5.41) is 2.82. The van der Waals surface area contributed by atoms with E-state index in [2.05, 4.69) is 5.32 Å². The minimum absolute atomic E-state index is 0.0475. The van der Waals surface area contributed by atoms with Gasteiger partial charge in [0, 0.05) is 12.5 Å². The standard InChI is InChI=1S/C10H21NO2/c1-7(2)10(12)11-6-9(5)13-8(3)4/h7-9H,6H2,1-5H3,(H,11,12). The highest BCUT2D eigenvalue weighted by Gasteiger charge is 2.09. The van der Waals surface area contributed by atoms with E-state index in [4.69, 9.17) is 4.74 Å². The summed E-state index contributed by atoms with van der Waals surface area (Å²) in [5.41, 5.74) is 0. The van der Waals surface area contributed by atoms with E-state index in [9.17, 15) is 4.79 Å². The van der Waals surface area contributed by atoms with Gasteiger partial charge in [0.25, 0.3) is 0 Å². The molecule has 0 fully saturated rings. The van der Waals surface area contributed by atoms with Crippen LogP contribution in [0.15, 0.2) is 0 Å². The molecule has 0 saturated heterocycles. The van der Waals surface area contributed by atoms with Gasteiger partial charge in [0.2, 0.25) is 5.91 Å². The molecule has 0 spiro atoms. The molecule has 0 aliphatic rings. The summed E-state index contributed by atoms with van der Waals surface area (Å²) in [6.45, 7) is 10.3. The fraction of sp³-hybridized carbons (Fsp3) is 0.900. The second kappa shape index (κ2) is 5.97. The number of hydrogen-bond acceptors (Lipinski definition) is 2. The Morgan fingerprint density at radius 2 is 1.77 bits per heavy atom. The highest BCUT2D eigenvalue weighted by atomic mass is 16.5. The van der Waals surface area contributed by atoms with Gasteiger partial charge in [0.15, 0.2) is 0 Å². The van der Waals surface area contributed by atoms with Gasteiger partial charge in [0.1, 0.15) is 0 Å². The van der Waals surface area contributed by atoms with E-state index in [1.165, 1.54) is 0 Å². The predicted molar refractivity (Wildman–Crippen MR) is 53.5 cm³/mol. The van der Waals surface area contributed by atoms with Crippen molar-refractivity contribution in [2.24, 2.45) is 5.92 Å². The molecule has 0 saturated carbocycles. The Morgan fingerprint density at radius 3 is 2.15 bits per heavy atom. The topological polar surface area (TPSA) is 38.3 Å². The maximum absolute atomic E-state index is 11.2. The third-order valence-corrected chi connectivity index (χ3v) is 1.59. The third-order valence-electron chi connectivity index (χ3n) is 1.59. The van der Waals surface area contributed by atoms with Gasteiger partial charge in [-0.05, 0) is 20.8 Å². The van der Waals surface area contributed by atoms with Gasteiger partial charge in [-0.15, -0.1) is 0 Å². The van der Waals surface area contributed by atoms with Crippen LogP contribution < -0.4 is 5.32 Å². The third kappa shape index (κ3) is 6.58. The first-order valence-electron chi connectivity index (χ1n) is 4.86. The van der Waals surface area contributed by atoms with Crippen LogP contribution in [0.5, 0.6) is 0 Å². The van der Waals surface area contributed by atoms with Gasteiger partial charge in [-0.3, -0.25) is 4.79 Å². The first kappa shape index (κ1) is 12.4. The van der Waals surface area contributed by atoms with Gasteiger partial charge in [-0.25, -0.2) is 0 Å². The van der Waals surface area contributed by atoms with Crippen molar-refractivity contribution in [1.29, 1.82) is 0 Å². The lowest BCUT2D eigenvalue weighted by Crippen LogP contribution is -2.35. The molecule has 1 unspecified atom stereocenters. The van der Waals surface area contributed by atoms with Crippen LogP contribution in [0.3, 0.4) is 0 Å². The zero-order valence-corrected chi connectivity index (χ0v) is 9.26. The number of hydrogen-bond donors (Lipinski definition) is 1. The highest BCUT2D eigenvalue weighted by molar-refractivity contribution is 5.77. The second-order valence-corrected chi connectivity index (χ2v) is 3.90. The predicted octanol–water partition coefficient (Wildman–Crippen LogP) is 1.57. The molecule has 0 aliphatic heterocycles. The summed E-state index contributed by atoms with van der Waals surface area (Å²) < 4.78 is 5.47. The summed E-state index contributed by atoms with van der Waals surface area (Å²) in [7, 11) is 0.